The Morgan fingerprint density at radius 2 is 1.32 bits per heavy atom. The third-order valence-corrected chi connectivity index (χ3v) is 7.82. The summed E-state index contributed by atoms with van der Waals surface area (Å²) in [5.74, 6) is 1.47. The van der Waals surface area contributed by atoms with E-state index in [9.17, 15) is 0 Å². The molecule has 218 valence electrons. The molecule has 0 saturated carbocycles. The predicted molar refractivity (Wildman–Crippen MR) is 170 cm³/mol. The number of halogens is 1. The average Bonchev–Trinajstić information content (AvgIpc) is 2.95. The van der Waals surface area contributed by atoms with E-state index < -0.39 is 0 Å². The average molecular weight is 573 g/mol. The van der Waals surface area contributed by atoms with Crippen LogP contribution in [0.2, 0.25) is 0 Å². The Morgan fingerprint density at radius 3 is 1.90 bits per heavy atom. The second-order valence-corrected chi connectivity index (χ2v) is 13.2. The Morgan fingerprint density at radius 1 is 0.683 bits per heavy atom. The molecule has 0 radical (unpaired) electrons. The second kappa shape index (κ2) is 13.9. The van der Waals surface area contributed by atoms with E-state index in [0.29, 0.717) is 32.3 Å². The van der Waals surface area contributed by atoms with Crippen LogP contribution < -0.4 is 4.74 Å². The molecule has 3 aromatic rings. The normalized spacial score (nSPS) is 17.6. The van der Waals surface area contributed by atoms with E-state index in [0.717, 1.165) is 28.0 Å². The zero-order valence-electron chi connectivity index (χ0n) is 25.5. The summed E-state index contributed by atoms with van der Waals surface area (Å²) in [7, 11) is 0. The van der Waals surface area contributed by atoms with Crippen molar-refractivity contribution in [2.45, 2.75) is 72.9 Å². The number of hydrogen-bond acceptors (Lipinski definition) is 3. The molecular weight excluding hydrogens is 528 g/mol. The lowest BCUT2D eigenvalue weighted by Crippen LogP contribution is -2.30. The summed E-state index contributed by atoms with van der Waals surface area (Å²) in [6, 6.07) is 27.0. The van der Waals surface area contributed by atoms with Crippen molar-refractivity contribution in [3.05, 3.63) is 124 Å². The van der Waals surface area contributed by atoms with Gasteiger partial charge >= 0.3 is 0 Å². The Labute approximate surface area is 252 Å². The lowest BCUT2D eigenvalue weighted by atomic mass is 9.76. The molecule has 0 fully saturated rings. The highest BCUT2D eigenvalue weighted by atomic mass is 35.5. The van der Waals surface area contributed by atoms with Crippen LogP contribution in [0, 0.1) is 11.3 Å². The van der Waals surface area contributed by atoms with E-state index in [4.69, 9.17) is 25.8 Å². The van der Waals surface area contributed by atoms with Gasteiger partial charge in [0.1, 0.15) is 12.4 Å². The molecule has 3 aromatic carbocycles. The van der Waals surface area contributed by atoms with Gasteiger partial charge in [-0.05, 0) is 56.9 Å². The van der Waals surface area contributed by atoms with Crippen molar-refractivity contribution in [2.24, 2.45) is 11.3 Å². The minimum atomic E-state index is -0.105. The fraction of sp³-hybridized carbons (Fsp3) is 0.405. The van der Waals surface area contributed by atoms with Crippen LogP contribution in [0.25, 0.3) is 0 Å². The number of alkyl halides is 1. The number of hydrogen-bond donors (Lipinski definition) is 0. The van der Waals surface area contributed by atoms with Crippen molar-refractivity contribution in [1.29, 1.82) is 0 Å². The molecule has 0 saturated heterocycles. The van der Waals surface area contributed by atoms with Gasteiger partial charge in [-0.1, -0.05) is 114 Å². The van der Waals surface area contributed by atoms with Gasteiger partial charge < -0.3 is 14.2 Å². The fourth-order valence-corrected chi connectivity index (χ4v) is 5.33. The SMILES string of the molecule is CC(C)(C)C1=CC(CCl)C(OCc2ccccc2)C=C1COCc1cc(C(C)(C)C)ccc1OCc1ccccc1. The van der Waals surface area contributed by atoms with E-state index in [1.165, 1.54) is 11.1 Å². The van der Waals surface area contributed by atoms with Gasteiger partial charge in [-0.25, -0.2) is 0 Å². The Kier molecular flexibility index (Phi) is 10.5. The van der Waals surface area contributed by atoms with E-state index in [1.807, 2.05) is 36.4 Å². The first-order valence-electron chi connectivity index (χ1n) is 14.6. The van der Waals surface area contributed by atoms with Crippen LogP contribution in [0.3, 0.4) is 0 Å². The van der Waals surface area contributed by atoms with Crippen LogP contribution in [-0.4, -0.2) is 18.6 Å². The van der Waals surface area contributed by atoms with Gasteiger partial charge in [-0.3, -0.25) is 0 Å². The van der Waals surface area contributed by atoms with Crippen LogP contribution in [0.1, 0.15) is 63.8 Å². The zero-order chi connectivity index (χ0) is 29.5. The molecular formula is C37H45ClO3. The van der Waals surface area contributed by atoms with E-state index in [-0.39, 0.29) is 22.9 Å². The summed E-state index contributed by atoms with van der Waals surface area (Å²) >= 11 is 6.45. The van der Waals surface area contributed by atoms with Gasteiger partial charge in [0.25, 0.3) is 0 Å². The van der Waals surface area contributed by atoms with Crippen molar-refractivity contribution >= 4 is 11.6 Å². The molecule has 2 atom stereocenters. The van der Waals surface area contributed by atoms with Gasteiger partial charge in [-0.15, -0.1) is 11.6 Å². The van der Waals surface area contributed by atoms with Crippen molar-refractivity contribution in [2.75, 3.05) is 12.5 Å². The molecule has 1 aliphatic carbocycles. The van der Waals surface area contributed by atoms with Crippen molar-refractivity contribution in [3.63, 3.8) is 0 Å². The molecule has 0 N–H and O–H groups in total. The molecule has 4 rings (SSSR count). The molecule has 0 aliphatic heterocycles. The third-order valence-electron chi connectivity index (χ3n) is 7.46. The maximum absolute atomic E-state index is 6.45. The number of rotatable bonds is 11. The zero-order valence-corrected chi connectivity index (χ0v) is 26.2. The lowest BCUT2D eigenvalue weighted by Gasteiger charge is -2.34. The first kappa shape index (κ1) is 31.1. The summed E-state index contributed by atoms with van der Waals surface area (Å²) in [6.45, 7) is 15.4. The topological polar surface area (TPSA) is 27.7 Å². The molecule has 0 bridgehead atoms. The highest BCUT2D eigenvalue weighted by Gasteiger charge is 2.30. The summed E-state index contributed by atoms with van der Waals surface area (Å²) in [4.78, 5) is 0. The third kappa shape index (κ3) is 8.82. The standard InChI is InChI=1S/C37H45ClO3/c1-36(2,3)32-17-18-34(40-23-27-13-9-7-10-14-27)31(19-32)26-39-25-30-21-35(41-24-28-15-11-8-12-16-28)29(22-38)20-33(30)37(4,5)6/h7-21,29,35H,22-26H2,1-6H3. The largest absolute Gasteiger partial charge is 0.489 e. The summed E-state index contributed by atoms with van der Waals surface area (Å²) < 4.78 is 19.1. The van der Waals surface area contributed by atoms with Crippen LogP contribution >= 0.6 is 11.6 Å². The molecule has 1 aliphatic rings. The highest BCUT2D eigenvalue weighted by molar-refractivity contribution is 6.18. The van der Waals surface area contributed by atoms with Crippen molar-refractivity contribution < 1.29 is 14.2 Å². The van der Waals surface area contributed by atoms with E-state index in [1.54, 1.807) is 0 Å². The smallest absolute Gasteiger partial charge is 0.125 e. The summed E-state index contributed by atoms with van der Waals surface area (Å²) in [6.07, 6.45) is 4.43. The maximum Gasteiger partial charge on any atom is 0.125 e. The van der Waals surface area contributed by atoms with Crippen LogP contribution in [-0.2, 0) is 34.7 Å². The fourth-order valence-electron chi connectivity index (χ4n) is 5.06. The van der Waals surface area contributed by atoms with Crippen molar-refractivity contribution in [1.82, 2.24) is 0 Å². The first-order valence-corrected chi connectivity index (χ1v) is 15.1. The van der Waals surface area contributed by atoms with Crippen molar-refractivity contribution in [3.8, 4) is 5.75 Å². The van der Waals surface area contributed by atoms with Gasteiger partial charge in [0, 0.05) is 17.4 Å². The molecule has 0 heterocycles. The molecule has 4 heteroatoms. The lowest BCUT2D eigenvalue weighted by molar-refractivity contribution is 0.0469. The maximum atomic E-state index is 6.45. The van der Waals surface area contributed by atoms with Gasteiger partial charge in [0.2, 0.25) is 0 Å². The number of benzene rings is 3. The molecule has 0 aromatic heterocycles. The summed E-state index contributed by atoms with van der Waals surface area (Å²) in [5.41, 5.74) is 7.03. The van der Waals surface area contributed by atoms with Crippen LogP contribution in [0.5, 0.6) is 5.75 Å². The van der Waals surface area contributed by atoms with Gasteiger partial charge in [-0.2, -0.15) is 0 Å². The minimum Gasteiger partial charge on any atom is -0.489 e. The quantitative estimate of drug-likeness (QED) is 0.214. The molecule has 0 spiro atoms. The Hall–Kier alpha value is -2.85. The molecule has 2 unspecified atom stereocenters. The van der Waals surface area contributed by atoms with Gasteiger partial charge in [0.05, 0.1) is 25.9 Å². The Balaban J connectivity index is 1.52. The van der Waals surface area contributed by atoms with Crippen LogP contribution in [0.15, 0.2) is 102 Å². The number of ether oxygens (including phenoxy) is 3. The van der Waals surface area contributed by atoms with Crippen LogP contribution in [0.4, 0.5) is 0 Å². The summed E-state index contributed by atoms with van der Waals surface area (Å²) in [5, 5.41) is 0. The van der Waals surface area contributed by atoms with Gasteiger partial charge in [0.15, 0.2) is 0 Å². The van der Waals surface area contributed by atoms with E-state index >= 15 is 0 Å². The monoisotopic (exact) mass is 572 g/mol. The van der Waals surface area contributed by atoms with E-state index in [2.05, 4.69) is 96.2 Å². The molecule has 3 nitrogen and oxygen atoms in total. The highest BCUT2D eigenvalue weighted by Crippen LogP contribution is 2.38. The molecule has 0 amide bonds. The first-order chi connectivity index (χ1) is 19.5. The molecule has 41 heavy (non-hydrogen) atoms. The minimum absolute atomic E-state index is 0.0284. The predicted octanol–water partition coefficient (Wildman–Crippen LogP) is 9.43. The Bertz CT molecular complexity index is 1310. The second-order valence-electron chi connectivity index (χ2n) is 12.9.